The monoisotopic (exact) mass is 254 g/mol. The average molecular weight is 255 g/mol. The number of rotatable bonds is 4. The van der Waals surface area contributed by atoms with E-state index in [-0.39, 0.29) is 5.91 Å². The fourth-order valence-corrected chi connectivity index (χ4v) is 1.73. The molecule has 0 aliphatic heterocycles. The highest BCUT2D eigenvalue weighted by atomic mass is 35.5. The van der Waals surface area contributed by atoms with E-state index in [0.29, 0.717) is 34.5 Å². The molecule has 0 atom stereocenters. The normalized spacial score (nSPS) is 14.5. The summed E-state index contributed by atoms with van der Waals surface area (Å²) in [5.41, 5.74) is 6.48. The maximum Gasteiger partial charge on any atom is 0.255 e. The molecule has 3 N–H and O–H groups in total. The summed E-state index contributed by atoms with van der Waals surface area (Å²) in [7, 11) is 1.50. The molecule has 0 bridgehead atoms. The Balaban J connectivity index is 2.16. The molecule has 0 saturated heterocycles. The van der Waals surface area contributed by atoms with Gasteiger partial charge in [-0.2, -0.15) is 0 Å². The van der Waals surface area contributed by atoms with Gasteiger partial charge in [0.1, 0.15) is 5.75 Å². The van der Waals surface area contributed by atoms with E-state index in [4.69, 9.17) is 22.1 Å². The van der Waals surface area contributed by atoms with Gasteiger partial charge >= 0.3 is 0 Å². The highest BCUT2D eigenvalue weighted by molar-refractivity contribution is 6.33. The fraction of sp³-hybridized carbons (Fsp3) is 0.417. The van der Waals surface area contributed by atoms with E-state index in [1.807, 2.05) is 0 Å². The summed E-state index contributed by atoms with van der Waals surface area (Å²) >= 11 is 5.90. The summed E-state index contributed by atoms with van der Waals surface area (Å²) in [4.78, 5) is 11.9. The first kappa shape index (κ1) is 12.0. The first-order valence-electron chi connectivity index (χ1n) is 5.53. The lowest BCUT2D eigenvalue weighted by molar-refractivity contribution is 0.0949. The highest BCUT2D eigenvalue weighted by Crippen LogP contribution is 2.30. The van der Waals surface area contributed by atoms with Crippen LogP contribution in [0.2, 0.25) is 5.02 Å². The van der Waals surface area contributed by atoms with Crippen molar-refractivity contribution in [2.75, 3.05) is 19.4 Å². The largest absolute Gasteiger partial charge is 0.496 e. The van der Waals surface area contributed by atoms with Gasteiger partial charge in [0.25, 0.3) is 5.91 Å². The van der Waals surface area contributed by atoms with Crippen LogP contribution in [0, 0.1) is 5.92 Å². The lowest BCUT2D eigenvalue weighted by atomic mass is 10.1. The highest BCUT2D eigenvalue weighted by Gasteiger charge is 2.23. The number of ether oxygens (including phenoxy) is 1. The van der Waals surface area contributed by atoms with E-state index >= 15 is 0 Å². The van der Waals surface area contributed by atoms with E-state index in [1.165, 1.54) is 26.0 Å². The molecule has 0 radical (unpaired) electrons. The summed E-state index contributed by atoms with van der Waals surface area (Å²) in [6.07, 6.45) is 2.39. The molecule has 2 rings (SSSR count). The lowest BCUT2D eigenvalue weighted by Crippen LogP contribution is -2.26. The van der Waals surface area contributed by atoms with Crippen molar-refractivity contribution in [1.82, 2.24) is 5.32 Å². The molecular formula is C12H15ClN2O2. The van der Waals surface area contributed by atoms with Crippen molar-refractivity contribution < 1.29 is 9.53 Å². The summed E-state index contributed by atoms with van der Waals surface area (Å²) in [6.45, 7) is 0.712. The van der Waals surface area contributed by atoms with Gasteiger partial charge in [-0.25, -0.2) is 0 Å². The van der Waals surface area contributed by atoms with Crippen molar-refractivity contribution in [2.24, 2.45) is 5.92 Å². The van der Waals surface area contributed by atoms with Gasteiger partial charge in [-0.15, -0.1) is 0 Å². The van der Waals surface area contributed by atoms with Crippen LogP contribution < -0.4 is 15.8 Å². The molecule has 0 aromatic heterocycles. The number of halogens is 1. The molecule has 92 valence electrons. The lowest BCUT2D eigenvalue weighted by Gasteiger charge is -2.10. The average Bonchev–Trinajstić information content (AvgIpc) is 3.13. The molecule has 0 heterocycles. The number of nitrogens with one attached hydrogen (secondary N) is 1. The van der Waals surface area contributed by atoms with Crippen LogP contribution in [0.4, 0.5) is 5.69 Å². The van der Waals surface area contributed by atoms with E-state index < -0.39 is 0 Å². The minimum atomic E-state index is -0.171. The van der Waals surface area contributed by atoms with Gasteiger partial charge in [0, 0.05) is 12.6 Å². The molecule has 1 aliphatic carbocycles. The first-order valence-corrected chi connectivity index (χ1v) is 5.91. The number of amides is 1. The Kier molecular flexibility index (Phi) is 3.43. The van der Waals surface area contributed by atoms with Gasteiger partial charge in [0.2, 0.25) is 0 Å². The van der Waals surface area contributed by atoms with E-state index in [2.05, 4.69) is 5.32 Å². The summed E-state index contributed by atoms with van der Waals surface area (Å²) in [5, 5.41) is 3.23. The fourth-order valence-electron chi connectivity index (χ4n) is 1.57. The molecule has 1 fully saturated rings. The van der Waals surface area contributed by atoms with Crippen LogP contribution in [0.5, 0.6) is 5.75 Å². The van der Waals surface area contributed by atoms with Gasteiger partial charge in [-0.3, -0.25) is 4.79 Å². The number of benzene rings is 1. The standard InChI is InChI=1S/C12H15ClN2O2/c1-17-11-5-10(14)9(13)4-8(11)12(16)15-6-7-2-3-7/h4-5,7H,2-3,6,14H2,1H3,(H,15,16). The summed E-state index contributed by atoms with van der Waals surface area (Å²) in [6, 6.07) is 3.10. The third-order valence-corrected chi connectivity index (χ3v) is 3.14. The topological polar surface area (TPSA) is 64.3 Å². The first-order chi connectivity index (χ1) is 8.11. The van der Waals surface area contributed by atoms with E-state index in [0.717, 1.165) is 0 Å². The maximum absolute atomic E-state index is 11.9. The molecule has 5 heteroatoms. The smallest absolute Gasteiger partial charge is 0.255 e. The number of carbonyl (C=O) groups excluding carboxylic acids is 1. The van der Waals surface area contributed by atoms with Crippen LogP contribution in [-0.4, -0.2) is 19.6 Å². The molecule has 17 heavy (non-hydrogen) atoms. The third kappa shape index (κ3) is 2.82. The quantitative estimate of drug-likeness (QED) is 0.809. The van der Waals surface area contributed by atoms with Gasteiger partial charge < -0.3 is 15.8 Å². The number of carbonyl (C=O) groups is 1. The molecule has 1 aromatic rings. The van der Waals surface area contributed by atoms with Crippen LogP contribution in [-0.2, 0) is 0 Å². The molecule has 1 aliphatic rings. The number of hydrogen-bond donors (Lipinski definition) is 2. The molecule has 0 unspecified atom stereocenters. The second-order valence-corrected chi connectivity index (χ2v) is 4.63. The Hall–Kier alpha value is -1.42. The number of nitrogen functional groups attached to an aromatic ring is 1. The van der Waals surface area contributed by atoms with Gasteiger partial charge in [-0.05, 0) is 24.8 Å². The molecule has 1 aromatic carbocycles. The molecule has 1 saturated carbocycles. The summed E-state index contributed by atoms with van der Waals surface area (Å²) in [5.74, 6) is 0.907. The Bertz CT molecular complexity index is 444. The minimum absolute atomic E-state index is 0.171. The van der Waals surface area contributed by atoms with Crippen LogP contribution in [0.25, 0.3) is 0 Å². The number of methoxy groups -OCH3 is 1. The second-order valence-electron chi connectivity index (χ2n) is 4.23. The number of hydrogen-bond acceptors (Lipinski definition) is 3. The van der Waals surface area contributed by atoms with Crippen molar-refractivity contribution in [1.29, 1.82) is 0 Å². The zero-order chi connectivity index (χ0) is 12.4. The summed E-state index contributed by atoms with van der Waals surface area (Å²) < 4.78 is 5.13. The molecule has 1 amide bonds. The molecule has 4 nitrogen and oxygen atoms in total. The predicted molar refractivity (Wildman–Crippen MR) is 67.5 cm³/mol. The predicted octanol–water partition coefficient (Wildman–Crippen LogP) is 2.07. The third-order valence-electron chi connectivity index (χ3n) is 2.81. The molecule has 0 spiro atoms. The van der Waals surface area contributed by atoms with Crippen LogP contribution >= 0.6 is 11.6 Å². The van der Waals surface area contributed by atoms with Crippen molar-refractivity contribution in [3.05, 3.63) is 22.7 Å². The van der Waals surface area contributed by atoms with Crippen molar-refractivity contribution in [3.8, 4) is 5.75 Å². The Morgan fingerprint density at radius 1 is 1.59 bits per heavy atom. The number of anilines is 1. The van der Waals surface area contributed by atoms with Gasteiger partial charge in [0.05, 0.1) is 23.4 Å². The van der Waals surface area contributed by atoms with Gasteiger partial charge in [0.15, 0.2) is 0 Å². The van der Waals surface area contributed by atoms with Crippen molar-refractivity contribution in [2.45, 2.75) is 12.8 Å². The Morgan fingerprint density at radius 2 is 2.29 bits per heavy atom. The van der Waals surface area contributed by atoms with E-state index in [9.17, 15) is 4.79 Å². The Labute approximate surface area is 105 Å². The van der Waals surface area contributed by atoms with Gasteiger partial charge in [-0.1, -0.05) is 11.6 Å². The zero-order valence-corrected chi connectivity index (χ0v) is 10.4. The number of nitrogens with two attached hydrogens (primary N) is 1. The molecular weight excluding hydrogens is 240 g/mol. The van der Waals surface area contributed by atoms with Crippen molar-refractivity contribution >= 4 is 23.2 Å². The van der Waals surface area contributed by atoms with Crippen molar-refractivity contribution in [3.63, 3.8) is 0 Å². The van der Waals surface area contributed by atoms with E-state index in [1.54, 1.807) is 6.07 Å². The second kappa shape index (κ2) is 4.84. The maximum atomic E-state index is 11.9. The SMILES string of the molecule is COc1cc(N)c(Cl)cc1C(=O)NCC1CC1. The van der Waals surface area contributed by atoms with Crippen LogP contribution in [0.1, 0.15) is 23.2 Å². The zero-order valence-electron chi connectivity index (χ0n) is 9.63. The Morgan fingerprint density at radius 3 is 2.88 bits per heavy atom. The van der Waals surface area contributed by atoms with Crippen LogP contribution in [0.3, 0.4) is 0 Å². The minimum Gasteiger partial charge on any atom is -0.496 e. The van der Waals surface area contributed by atoms with Crippen LogP contribution in [0.15, 0.2) is 12.1 Å².